The fraction of sp³-hybridized carbons (Fsp3) is 0.290. The number of aryl methyl sites for hydroxylation is 1. The first-order chi connectivity index (χ1) is 20.0. The van der Waals surface area contributed by atoms with Crippen LogP contribution in [0.1, 0.15) is 53.0 Å². The molecule has 0 saturated heterocycles. The molecule has 3 heterocycles. The van der Waals surface area contributed by atoms with Gasteiger partial charge in [-0.2, -0.15) is 22.0 Å². The highest BCUT2D eigenvalue weighted by molar-refractivity contribution is 5.85. The second-order valence-electron chi connectivity index (χ2n) is 10.7. The first-order valence-electron chi connectivity index (χ1n) is 13.5. The summed E-state index contributed by atoms with van der Waals surface area (Å²) in [5, 5.41) is 0. The van der Waals surface area contributed by atoms with Crippen LogP contribution in [-0.2, 0) is 35.3 Å². The Morgan fingerprint density at radius 1 is 0.905 bits per heavy atom. The highest BCUT2D eigenvalue weighted by Gasteiger charge is 2.50. The topological polar surface area (TPSA) is 79.0 Å². The monoisotopic (exact) mass is 580 g/mol. The number of nitrogens with one attached hydrogen (secondary N) is 1. The van der Waals surface area contributed by atoms with Crippen LogP contribution in [0.25, 0.3) is 11.1 Å². The summed E-state index contributed by atoms with van der Waals surface area (Å²) in [6.07, 6.45) is 0.690. The van der Waals surface area contributed by atoms with Crippen LogP contribution in [0.2, 0.25) is 0 Å². The molecular weight excluding hydrogens is 555 g/mol. The van der Waals surface area contributed by atoms with Crippen molar-refractivity contribution >= 4 is 5.91 Å². The molecule has 1 aliphatic heterocycles. The molecule has 0 atom stereocenters. The van der Waals surface area contributed by atoms with E-state index in [-0.39, 0.29) is 31.0 Å². The molecule has 2 aromatic heterocycles. The van der Waals surface area contributed by atoms with Crippen LogP contribution in [0.4, 0.5) is 22.0 Å². The fourth-order valence-electron chi connectivity index (χ4n) is 5.51. The molecular formula is C31H25F5N4O2. The molecule has 216 valence electrons. The lowest BCUT2D eigenvalue weighted by molar-refractivity contribution is -0.160. The summed E-state index contributed by atoms with van der Waals surface area (Å²) >= 11 is 0. The number of aromatic nitrogens is 3. The maximum absolute atomic E-state index is 15.2. The molecule has 4 aromatic rings. The van der Waals surface area contributed by atoms with Gasteiger partial charge in [0.05, 0.1) is 28.8 Å². The number of aromatic amines is 1. The number of rotatable bonds is 5. The van der Waals surface area contributed by atoms with E-state index in [1.54, 1.807) is 12.4 Å². The zero-order valence-corrected chi connectivity index (χ0v) is 22.2. The minimum Gasteiger partial charge on any atom is -0.333 e. The van der Waals surface area contributed by atoms with Crippen molar-refractivity contribution in [3.8, 4) is 11.1 Å². The maximum atomic E-state index is 15.2. The number of hydrogen-bond donors (Lipinski definition) is 1. The second-order valence-corrected chi connectivity index (χ2v) is 10.7. The van der Waals surface area contributed by atoms with Gasteiger partial charge in [-0.1, -0.05) is 42.5 Å². The van der Waals surface area contributed by atoms with E-state index >= 15 is 8.78 Å². The normalized spacial score (nSPS) is 16.5. The van der Waals surface area contributed by atoms with Crippen LogP contribution in [0.15, 0.2) is 77.9 Å². The summed E-state index contributed by atoms with van der Waals surface area (Å²) in [6, 6.07) is 14.3. The van der Waals surface area contributed by atoms with Crippen molar-refractivity contribution in [3.05, 3.63) is 117 Å². The minimum atomic E-state index is -4.84. The number of carbonyl (C=O) groups is 1. The van der Waals surface area contributed by atoms with E-state index in [2.05, 4.69) is 9.97 Å². The number of carbonyl (C=O) groups excluding carboxylic acids is 1. The Morgan fingerprint density at radius 3 is 2.36 bits per heavy atom. The van der Waals surface area contributed by atoms with Gasteiger partial charge in [0.25, 0.3) is 11.5 Å². The van der Waals surface area contributed by atoms with Gasteiger partial charge in [0, 0.05) is 30.1 Å². The Bertz CT molecular complexity index is 1710. The summed E-state index contributed by atoms with van der Waals surface area (Å²) in [6.45, 7) is -0.532. The fourth-order valence-corrected chi connectivity index (χ4v) is 5.51. The predicted octanol–water partition coefficient (Wildman–Crippen LogP) is 6.00. The van der Waals surface area contributed by atoms with Gasteiger partial charge in [-0.25, -0.2) is 4.98 Å². The smallest absolute Gasteiger partial charge is 0.333 e. The zero-order chi connectivity index (χ0) is 29.7. The number of halogens is 5. The molecule has 1 amide bonds. The summed E-state index contributed by atoms with van der Waals surface area (Å²) in [5.41, 5.74) is -0.0683. The zero-order valence-electron chi connectivity index (χ0n) is 22.2. The second kappa shape index (κ2) is 10.1. The number of nitrogens with zero attached hydrogens (tertiary/aromatic N) is 3. The third-order valence-corrected chi connectivity index (χ3v) is 8.00. The molecule has 1 N–H and O–H groups in total. The van der Waals surface area contributed by atoms with Crippen LogP contribution in [0.3, 0.4) is 0 Å². The van der Waals surface area contributed by atoms with E-state index in [0.717, 1.165) is 46.6 Å². The summed E-state index contributed by atoms with van der Waals surface area (Å²) in [4.78, 5) is 39.1. The van der Waals surface area contributed by atoms with Crippen molar-refractivity contribution in [2.24, 2.45) is 0 Å². The SMILES string of the molecule is O=C(N1CCCc2nc(C3(c4cncc(-c5ccccc5)c4)CC3)[nH]c(=O)c2C1)C(F)(F)c1cccc(C(F)(F)F)c1. The third-order valence-electron chi connectivity index (χ3n) is 8.00. The number of H-pyrrole nitrogens is 1. The van der Waals surface area contributed by atoms with Crippen LogP contribution in [0, 0.1) is 0 Å². The van der Waals surface area contributed by atoms with Crippen LogP contribution in [0.5, 0.6) is 0 Å². The van der Waals surface area contributed by atoms with E-state index in [1.807, 2.05) is 36.4 Å². The third kappa shape index (κ3) is 4.97. The van der Waals surface area contributed by atoms with Crippen molar-refractivity contribution in [1.82, 2.24) is 19.9 Å². The molecule has 0 radical (unpaired) electrons. The molecule has 1 saturated carbocycles. The molecule has 2 aliphatic rings. The standard InChI is InChI=1S/C31H25F5N4O2/c32-30(33,21-8-4-9-22(15-21)31(34,35)36)28(42)40-13-5-10-25-24(18-40)26(41)39-27(38-25)29(11-12-29)23-14-20(16-37-17-23)19-6-2-1-3-7-19/h1-4,6-9,14-17H,5,10-13,18H2,(H,38,39,41). The average molecular weight is 581 g/mol. The van der Waals surface area contributed by atoms with Crippen molar-refractivity contribution in [1.29, 1.82) is 0 Å². The van der Waals surface area contributed by atoms with Gasteiger partial charge in [0.15, 0.2) is 0 Å². The highest BCUT2D eigenvalue weighted by Crippen LogP contribution is 2.52. The Balaban J connectivity index is 1.29. The molecule has 0 spiro atoms. The quantitative estimate of drug-likeness (QED) is 0.294. The molecule has 0 unspecified atom stereocenters. The first kappa shape index (κ1) is 27.7. The Labute approximate surface area is 237 Å². The number of fused-ring (bicyclic) bond motifs is 1. The molecule has 1 fully saturated rings. The maximum Gasteiger partial charge on any atom is 0.416 e. The van der Waals surface area contributed by atoms with Gasteiger partial charge in [-0.15, -0.1) is 0 Å². The number of alkyl halides is 5. The van der Waals surface area contributed by atoms with E-state index in [4.69, 9.17) is 4.98 Å². The van der Waals surface area contributed by atoms with Gasteiger partial charge in [-0.3, -0.25) is 14.6 Å². The van der Waals surface area contributed by atoms with E-state index in [0.29, 0.717) is 17.6 Å². The number of benzene rings is 2. The Kier molecular flexibility index (Phi) is 6.70. The minimum absolute atomic E-state index is 0.0939. The molecule has 11 heteroatoms. The average Bonchev–Trinajstić information content (AvgIpc) is 3.82. The van der Waals surface area contributed by atoms with Gasteiger partial charge in [0.2, 0.25) is 0 Å². The van der Waals surface area contributed by atoms with Crippen molar-refractivity contribution in [2.75, 3.05) is 6.54 Å². The van der Waals surface area contributed by atoms with Gasteiger partial charge >= 0.3 is 12.1 Å². The van der Waals surface area contributed by atoms with Gasteiger partial charge in [0.1, 0.15) is 5.82 Å². The molecule has 2 aromatic carbocycles. The number of amides is 1. The molecule has 42 heavy (non-hydrogen) atoms. The van der Waals surface area contributed by atoms with Gasteiger partial charge in [-0.05, 0) is 55.0 Å². The van der Waals surface area contributed by atoms with Crippen molar-refractivity contribution in [2.45, 2.75) is 49.7 Å². The Morgan fingerprint density at radius 2 is 1.64 bits per heavy atom. The van der Waals surface area contributed by atoms with Crippen LogP contribution in [-0.4, -0.2) is 32.3 Å². The molecule has 1 aliphatic carbocycles. The molecule has 6 rings (SSSR count). The lowest BCUT2D eigenvalue weighted by Gasteiger charge is -2.26. The molecule has 0 bridgehead atoms. The van der Waals surface area contributed by atoms with Crippen LogP contribution >= 0.6 is 0 Å². The first-order valence-corrected chi connectivity index (χ1v) is 13.5. The largest absolute Gasteiger partial charge is 0.416 e. The molecule has 6 nitrogen and oxygen atoms in total. The number of hydrogen-bond acceptors (Lipinski definition) is 4. The van der Waals surface area contributed by atoms with Gasteiger partial charge < -0.3 is 9.88 Å². The summed E-state index contributed by atoms with van der Waals surface area (Å²) < 4.78 is 69.8. The van der Waals surface area contributed by atoms with Crippen molar-refractivity contribution < 1.29 is 26.7 Å². The van der Waals surface area contributed by atoms with E-state index < -0.39 is 46.7 Å². The lowest BCUT2D eigenvalue weighted by atomic mass is 9.93. The van der Waals surface area contributed by atoms with Crippen molar-refractivity contribution in [3.63, 3.8) is 0 Å². The highest BCUT2D eigenvalue weighted by atomic mass is 19.4. The van der Waals surface area contributed by atoms with Crippen LogP contribution < -0.4 is 5.56 Å². The number of pyridine rings is 1. The van der Waals surface area contributed by atoms with E-state index in [1.165, 1.54) is 0 Å². The predicted molar refractivity (Wildman–Crippen MR) is 144 cm³/mol. The Hall–Kier alpha value is -4.41. The lowest BCUT2D eigenvalue weighted by Crippen LogP contribution is -2.42. The summed E-state index contributed by atoms with van der Waals surface area (Å²) in [5.74, 6) is -5.42. The summed E-state index contributed by atoms with van der Waals surface area (Å²) in [7, 11) is 0. The van der Waals surface area contributed by atoms with E-state index in [9.17, 15) is 22.8 Å².